The Hall–Kier alpha value is -1.54. The number of thioether (sulfide) groups is 1. The summed E-state index contributed by atoms with van der Waals surface area (Å²) in [5.41, 5.74) is 0.552. The summed E-state index contributed by atoms with van der Waals surface area (Å²) in [5, 5.41) is 2.56. The molecule has 27 heavy (non-hydrogen) atoms. The number of carbonyl (C=O) groups excluding carboxylic acids is 2. The summed E-state index contributed by atoms with van der Waals surface area (Å²) in [6, 6.07) is 5.92. The third kappa shape index (κ3) is 3.27. The number of carbonyl (C=O) groups is 2. The number of anilines is 1. The lowest BCUT2D eigenvalue weighted by molar-refractivity contribution is -0.135. The number of hydrogen-bond donors (Lipinski definition) is 1. The summed E-state index contributed by atoms with van der Waals surface area (Å²) in [4.78, 5) is 26.6. The zero-order valence-electron chi connectivity index (χ0n) is 15.3. The molecular formula is C19H24N2O4S2. The molecule has 0 unspecified atom stereocenters. The Balaban J connectivity index is 1.46. The molecule has 6 nitrogen and oxygen atoms in total. The Bertz CT molecular complexity index is 862. The van der Waals surface area contributed by atoms with Crippen molar-refractivity contribution in [2.75, 3.05) is 11.1 Å². The normalized spacial score (nSPS) is 28.6. The Morgan fingerprint density at radius 2 is 1.89 bits per heavy atom. The van der Waals surface area contributed by atoms with Gasteiger partial charge in [0, 0.05) is 17.9 Å². The summed E-state index contributed by atoms with van der Waals surface area (Å²) in [6.45, 7) is 2.01. The van der Waals surface area contributed by atoms with Gasteiger partial charge in [-0.2, -0.15) is 0 Å². The fourth-order valence-corrected chi connectivity index (χ4v) is 7.65. The summed E-state index contributed by atoms with van der Waals surface area (Å²) in [5.74, 6) is 0.399. The molecule has 1 aromatic carbocycles. The lowest BCUT2D eigenvalue weighted by atomic mass is 10.2. The predicted molar refractivity (Wildman–Crippen MR) is 105 cm³/mol. The molecule has 2 aliphatic heterocycles. The first-order valence-electron chi connectivity index (χ1n) is 9.42. The number of benzene rings is 1. The van der Waals surface area contributed by atoms with Crippen molar-refractivity contribution in [3.8, 4) is 0 Å². The molecule has 3 aliphatic rings. The second-order valence-corrected chi connectivity index (χ2v) is 11.5. The largest absolute Gasteiger partial charge is 0.324 e. The van der Waals surface area contributed by atoms with Crippen LogP contribution >= 0.6 is 11.8 Å². The van der Waals surface area contributed by atoms with Gasteiger partial charge in [-0.05, 0) is 50.5 Å². The van der Waals surface area contributed by atoms with Crippen LogP contribution in [0.1, 0.15) is 45.4 Å². The number of sulfone groups is 1. The van der Waals surface area contributed by atoms with Crippen LogP contribution < -0.4 is 5.32 Å². The highest BCUT2D eigenvalue weighted by atomic mass is 32.2. The monoisotopic (exact) mass is 408 g/mol. The molecule has 8 heteroatoms. The van der Waals surface area contributed by atoms with Crippen molar-refractivity contribution in [1.82, 2.24) is 4.90 Å². The van der Waals surface area contributed by atoms with Gasteiger partial charge in [0.15, 0.2) is 9.84 Å². The molecule has 0 aromatic heterocycles. The quantitative estimate of drug-likeness (QED) is 0.828. The minimum Gasteiger partial charge on any atom is -0.324 e. The van der Waals surface area contributed by atoms with E-state index < -0.39 is 15.9 Å². The van der Waals surface area contributed by atoms with Gasteiger partial charge in [-0.3, -0.25) is 9.59 Å². The van der Waals surface area contributed by atoms with E-state index in [4.69, 9.17) is 0 Å². The molecule has 1 aromatic rings. The topological polar surface area (TPSA) is 83.6 Å². The average Bonchev–Trinajstić information content (AvgIpc) is 3.34. The van der Waals surface area contributed by atoms with Crippen molar-refractivity contribution >= 4 is 39.1 Å². The molecule has 0 spiro atoms. The summed E-state index contributed by atoms with van der Waals surface area (Å²) in [6.07, 6.45) is 4.64. The van der Waals surface area contributed by atoms with Gasteiger partial charge in [0.1, 0.15) is 6.04 Å². The number of fused-ring (bicyclic) bond motifs is 1. The molecule has 1 saturated carbocycles. The van der Waals surface area contributed by atoms with Crippen LogP contribution in [0.25, 0.3) is 0 Å². The van der Waals surface area contributed by atoms with E-state index >= 15 is 0 Å². The van der Waals surface area contributed by atoms with Crippen LogP contribution in [0.3, 0.4) is 0 Å². The minimum atomic E-state index is -3.30. The minimum absolute atomic E-state index is 0.0284. The van der Waals surface area contributed by atoms with Crippen molar-refractivity contribution in [3.63, 3.8) is 0 Å². The molecule has 146 valence electrons. The van der Waals surface area contributed by atoms with Crippen molar-refractivity contribution in [1.29, 1.82) is 0 Å². The summed E-state index contributed by atoms with van der Waals surface area (Å²) >= 11 is 1.65. The van der Waals surface area contributed by atoms with Gasteiger partial charge in [-0.15, -0.1) is 11.8 Å². The molecule has 2 heterocycles. The van der Waals surface area contributed by atoms with E-state index in [-0.39, 0.29) is 21.9 Å². The van der Waals surface area contributed by atoms with Crippen molar-refractivity contribution in [2.45, 2.75) is 66.5 Å². The maximum absolute atomic E-state index is 12.7. The summed E-state index contributed by atoms with van der Waals surface area (Å²) in [7, 11) is -3.30. The standard InChI is InChI=1S/C19H24N2O4S2/c1-19-11-10-17(22)21(19)16(12-26-19)18(23)20-13-6-8-15(9-7-13)27(24,25)14-4-2-3-5-14/h6-9,14,16H,2-5,10-12H2,1H3,(H,20,23)/t16-,19+/m1/s1. The zero-order valence-corrected chi connectivity index (χ0v) is 16.9. The Labute approximate surface area is 164 Å². The zero-order chi connectivity index (χ0) is 19.2. The third-order valence-corrected chi connectivity index (χ3v) is 9.72. The Morgan fingerprint density at radius 1 is 1.22 bits per heavy atom. The number of amides is 2. The van der Waals surface area contributed by atoms with Gasteiger partial charge in [0.2, 0.25) is 11.8 Å². The SMILES string of the molecule is C[C@]12CCC(=O)N1[C@@H](C(=O)Nc1ccc(S(=O)(=O)C3CCCC3)cc1)CS2. The molecule has 0 bridgehead atoms. The summed E-state index contributed by atoms with van der Waals surface area (Å²) < 4.78 is 25.3. The Morgan fingerprint density at radius 3 is 2.56 bits per heavy atom. The van der Waals surface area contributed by atoms with E-state index in [9.17, 15) is 18.0 Å². The van der Waals surface area contributed by atoms with Gasteiger partial charge >= 0.3 is 0 Å². The lowest BCUT2D eigenvalue weighted by Crippen LogP contribution is -2.48. The van der Waals surface area contributed by atoms with E-state index in [1.165, 1.54) is 0 Å². The molecule has 2 saturated heterocycles. The molecule has 3 fully saturated rings. The lowest BCUT2D eigenvalue weighted by Gasteiger charge is -2.29. The number of rotatable bonds is 4. The van der Waals surface area contributed by atoms with Crippen LogP contribution in [0.15, 0.2) is 29.2 Å². The van der Waals surface area contributed by atoms with Crippen molar-refractivity contribution < 1.29 is 18.0 Å². The smallest absolute Gasteiger partial charge is 0.248 e. The Kier molecular flexibility index (Phi) is 4.74. The second kappa shape index (κ2) is 6.81. The fraction of sp³-hybridized carbons (Fsp3) is 0.579. The van der Waals surface area contributed by atoms with Crippen LogP contribution in [0.2, 0.25) is 0 Å². The molecule has 4 rings (SSSR count). The first-order valence-corrected chi connectivity index (χ1v) is 12.0. The first kappa shape index (κ1) is 18.8. The molecule has 2 atom stereocenters. The van der Waals surface area contributed by atoms with Crippen LogP contribution in [-0.2, 0) is 19.4 Å². The van der Waals surface area contributed by atoms with Crippen LogP contribution in [0.4, 0.5) is 5.69 Å². The van der Waals surface area contributed by atoms with E-state index in [1.54, 1.807) is 40.9 Å². The average molecular weight is 409 g/mol. The van der Waals surface area contributed by atoms with Crippen molar-refractivity contribution in [2.24, 2.45) is 0 Å². The second-order valence-electron chi connectivity index (χ2n) is 7.73. The molecule has 1 aliphatic carbocycles. The fourth-order valence-electron chi connectivity index (χ4n) is 4.36. The number of nitrogens with zero attached hydrogens (tertiary/aromatic N) is 1. The molecule has 0 radical (unpaired) electrons. The van der Waals surface area contributed by atoms with Gasteiger partial charge in [0.25, 0.3) is 0 Å². The van der Waals surface area contributed by atoms with Gasteiger partial charge < -0.3 is 10.2 Å². The first-order chi connectivity index (χ1) is 12.8. The van der Waals surface area contributed by atoms with Crippen LogP contribution in [0, 0.1) is 0 Å². The van der Waals surface area contributed by atoms with E-state index in [0.717, 1.165) is 32.1 Å². The van der Waals surface area contributed by atoms with Gasteiger partial charge in [-0.1, -0.05) is 12.8 Å². The van der Waals surface area contributed by atoms with Crippen LogP contribution in [-0.4, -0.2) is 47.0 Å². The van der Waals surface area contributed by atoms with E-state index in [1.807, 2.05) is 6.92 Å². The molecule has 1 N–H and O–H groups in total. The third-order valence-electron chi connectivity index (χ3n) is 5.94. The van der Waals surface area contributed by atoms with E-state index in [2.05, 4.69) is 5.32 Å². The van der Waals surface area contributed by atoms with Gasteiger partial charge in [0.05, 0.1) is 15.0 Å². The highest BCUT2D eigenvalue weighted by Gasteiger charge is 2.52. The highest BCUT2D eigenvalue weighted by molar-refractivity contribution is 8.01. The predicted octanol–water partition coefficient (Wildman–Crippen LogP) is 2.80. The maximum Gasteiger partial charge on any atom is 0.248 e. The van der Waals surface area contributed by atoms with Crippen LogP contribution in [0.5, 0.6) is 0 Å². The number of hydrogen-bond acceptors (Lipinski definition) is 5. The number of nitrogens with one attached hydrogen (secondary N) is 1. The van der Waals surface area contributed by atoms with E-state index in [0.29, 0.717) is 22.8 Å². The molecular weight excluding hydrogens is 384 g/mol. The highest BCUT2D eigenvalue weighted by Crippen LogP contribution is 2.47. The molecule has 2 amide bonds. The van der Waals surface area contributed by atoms with Gasteiger partial charge in [-0.25, -0.2) is 8.42 Å². The van der Waals surface area contributed by atoms with Crippen molar-refractivity contribution in [3.05, 3.63) is 24.3 Å². The maximum atomic E-state index is 12.7.